The molecule has 0 fully saturated rings. The molecule has 0 aromatic heterocycles. The average Bonchev–Trinajstić information content (AvgIpc) is 2.49. The zero-order valence-corrected chi connectivity index (χ0v) is 14.4. The zero-order valence-electron chi connectivity index (χ0n) is 14.4. The summed E-state index contributed by atoms with van der Waals surface area (Å²) in [7, 11) is 0. The Morgan fingerprint density at radius 3 is 1.91 bits per heavy atom. The molecule has 4 nitrogen and oxygen atoms in total. The van der Waals surface area contributed by atoms with Gasteiger partial charge in [0.25, 0.3) is 0 Å². The van der Waals surface area contributed by atoms with Gasteiger partial charge in [-0.3, -0.25) is 4.79 Å². The van der Waals surface area contributed by atoms with Crippen molar-refractivity contribution in [2.75, 3.05) is 0 Å². The molecule has 0 rings (SSSR count). The molecule has 0 aromatic rings. The van der Waals surface area contributed by atoms with E-state index in [9.17, 15) is 9.90 Å². The molecule has 0 aliphatic rings. The van der Waals surface area contributed by atoms with Crippen LogP contribution in [0.2, 0.25) is 0 Å². The first kappa shape index (κ1) is 21.4. The molecule has 0 saturated carbocycles. The van der Waals surface area contributed by atoms with Gasteiger partial charge in [0.15, 0.2) is 0 Å². The summed E-state index contributed by atoms with van der Waals surface area (Å²) in [5, 5.41) is 18.5. The van der Waals surface area contributed by atoms with Crippen LogP contribution in [-0.4, -0.2) is 28.3 Å². The molecular formula is C18H37NO3. The zero-order chi connectivity index (χ0) is 16.6. The lowest BCUT2D eigenvalue weighted by atomic mass is 9.98. The van der Waals surface area contributed by atoms with Crippen molar-refractivity contribution >= 4 is 5.97 Å². The predicted molar refractivity (Wildman–Crippen MR) is 91.9 cm³/mol. The molecule has 0 aliphatic carbocycles. The summed E-state index contributed by atoms with van der Waals surface area (Å²) in [5.41, 5.74) is 5.95. The number of aliphatic hydroxyl groups excluding tert-OH is 1. The third kappa shape index (κ3) is 14.3. The van der Waals surface area contributed by atoms with Crippen molar-refractivity contribution in [3.63, 3.8) is 0 Å². The monoisotopic (exact) mass is 315 g/mol. The minimum atomic E-state index is -0.760. The summed E-state index contributed by atoms with van der Waals surface area (Å²) in [4.78, 5) is 10.4. The van der Waals surface area contributed by atoms with Gasteiger partial charge in [-0.2, -0.15) is 0 Å². The van der Waals surface area contributed by atoms with Gasteiger partial charge in [0.05, 0.1) is 6.10 Å². The van der Waals surface area contributed by atoms with E-state index in [0.29, 0.717) is 12.8 Å². The number of unbranched alkanes of at least 4 members (excludes halogenated alkanes) is 9. The molecule has 2 unspecified atom stereocenters. The minimum absolute atomic E-state index is 0.196. The fraction of sp³-hybridized carbons (Fsp3) is 0.944. The van der Waals surface area contributed by atoms with E-state index in [0.717, 1.165) is 19.3 Å². The molecule has 4 heteroatoms. The number of carbonyl (C=O) groups is 1. The number of carboxylic acids is 1. The van der Waals surface area contributed by atoms with Gasteiger partial charge in [-0.25, -0.2) is 0 Å². The second kappa shape index (κ2) is 15.3. The quantitative estimate of drug-likeness (QED) is 0.372. The number of carboxylic acid groups (broad SMARTS) is 1. The van der Waals surface area contributed by atoms with Gasteiger partial charge in [-0.15, -0.1) is 0 Å². The first-order valence-electron chi connectivity index (χ1n) is 9.23. The summed E-state index contributed by atoms with van der Waals surface area (Å²) in [6, 6.07) is -0.206. The third-order valence-corrected chi connectivity index (χ3v) is 4.28. The summed E-state index contributed by atoms with van der Waals surface area (Å²) in [6.45, 7) is 2.24. The van der Waals surface area contributed by atoms with Gasteiger partial charge < -0.3 is 15.9 Å². The molecule has 0 saturated heterocycles. The highest BCUT2D eigenvalue weighted by atomic mass is 16.4. The van der Waals surface area contributed by atoms with Crippen molar-refractivity contribution in [1.29, 1.82) is 0 Å². The number of hydrogen-bond donors (Lipinski definition) is 3. The Hall–Kier alpha value is -0.610. The van der Waals surface area contributed by atoms with E-state index in [-0.39, 0.29) is 12.5 Å². The maximum Gasteiger partial charge on any atom is 0.303 e. The molecule has 0 radical (unpaired) electrons. The Labute approximate surface area is 136 Å². The largest absolute Gasteiger partial charge is 0.481 e. The van der Waals surface area contributed by atoms with Crippen molar-refractivity contribution in [3.05, 3.63) is 0 Å². The van der Waals surface area contributed by atoms with Crippen LogP contribution in [0.1, 0.15) is 96.8 Å². The summed E-state index contributed by atoms with van der Waals surface area (Å²) < 4.78 is 0. The summed E-state index contributed by atoms with van der Waals surface area (Å²) in [6.07, 6.45) is 14.2. The molecule has 0 aliphatic heterocycles. The van der Waals surface area contributed by atoms with Crippen LogP contribution in [0.5, 0.6) is 0 Å². The van der Waals surface area contributed by atoms with Crippen LogP contribution in [0.4, 0.5) is 0 Å². The highest BCUT2D eigenvalue weighted by Gasteiger charge is 2.14. The van der Waals surface area contributed by atoms with E-state index in [4.69, 9.17) is 10.8 Å². The topological polar surface area (TPSA) is 83.5 Å². The maximum absolute atomic E-state index is 10.4. The number of nitrogens with two attached hydrogens (primary N) is 1. The molecule has 4 N–H and O–H groups in total. The molecule has 22 heavy (non-hydrogen) atoms. The molecule has 0 aromatic carbocycles. The first-order chi connectivity index (χ1) is 10.6. The fourth-order valence-electron chi connectivity index (χ4n) is 2.73. The normalized spacial score (nSPS) is 14.0. The van der Waals surface area contributed by atoms with Crippen LogP contribution in [0, 0.1) is 0 Å². The lowest BCUT2D eigenvalue weighted by Gasteiger charge is -2.18. The van der Waals surface area contributed by atoms with Crippen molar-refractivity contribution in [1.82, 2.24) is 0 Å². The minimum Gasteiger partial charge on any atom is -0.481 e. The van der Waals surface area contributed by atoms with Gasteiger partial charge in [0, 0.05) is 12.5 Å². The van der Waals surface area contributed by atoms with Gasteiger partial charge >= 0.3 is 5.97 Å². The Balaban J connectivity index is 3.36. The number of aliphatic hydroxyl groups is 1. The van der Waals surface area contributed by atoms with E-state index in [1.165, 1.54) is 51.4 Å². The van der Waals surface area contributed by atoms with Crippen LogP contribution in [-0.2, 0) is 4.79 Å². The second-order valence-electron chi connectivity index (χ2n) is 6.49. The Kier molecular flexibility index (Phi) is 14.9. The molecule has 0 amide bonds. The van der Waals surface area contributed by atoms with Crippen molar-refractivity contribution in [2.24, 2.45) is 5.73 Å². The van der Waals surface area contributed by atoms with E-state index in [1.807, 2.05) is 0 Å². The molecular weight excluding hydrogens is 278 g/mol. The standard InChI is InChI=1S/C18H37NO3/c1-2-3-4-5-6-7-8-9-10-14-17(20)16(19)13-11-12-15-18(21)22/h16-17,20H,2-15,19H2,1H3,(H,21,22). The number of aliphatic carboxylic acids is 1. The predicted octanol–water partition coefficient (Wildman–Crippen LogP) is 4.24. The highest BCUT2D eigenvalue weighted by molar-refractivity contribution is 5.66. The van der Waals surface area contributed by atoms with Gasteiger partial charge in [0.2, 0.25) is 0 Å². The average molecular weight is 315 g/mol. The third-order valence-electron chi connectivity index (χ3n) is 4.28. The van der Waals surface area contributed by atoms with E-state index in [2.05, 4.69) is 6.92 Å². The first-order valence-corrected chi connectivity index (χ1v) is 9.23. The lowest BCUT2D eigenvalue weighted by molar-refractivity contribution is -0.137. The van der Waals surface area contributed by atoms with E-state index < -0.39 is 12.1 Å². The summed E-state index contributed by atoms with van der Waals surface area (Å²) >= 11 is 0. The van der Waals surface area contributed by atoms with Gasteiger partial charge in [-0.05, 0) is 19.3 Å². The van der Waals surface area contributed by atoms with Crippen LogP contribution in [0.15, 0.2) is 0 Å². The Morgan fingerprint density at radius 2 is 1.36 bits per heavy atom. The van der Waals surface area contributed by atoms with Crippen LogP contribution >= 0.6 is 0 Å². The molecule has 0 spiro atoms. The Bertz CT molecular complexity index is 259. The smallest absolute Gasteiger partial charge is 0.303 e. The van der Waals surface area contributed by atoms with E-state index in [1.54, 1.807) is 0 Å². The SMILES string of the molecule is CCCCCCCCCCCC(O)C(N)CCCCC(=O)O. The van der Waals surface area contributed by atoms with Crippen molar-refractivity contribution < 1.29 is 15.0 Å². The van der Waals surface area contributed by atoms with Crippen LogP contribution in [0.25, 0.3) is 0 Å². The maximum atomic E-state index is 10.4. The number of hydrogen-bond acceptors (Lipinski definition) is 3. The molecule has 132 valence electrons. The molecule has 2 atom stereocenters. The van der Waals surface area contributed by atoms with Crippen LogP contribution in [0.3, 0.4) is 0 Å². The fourth-order valence-corrected chi connectivity index (χ4v) is 2.73. The molecule has 0 bridgehead atoms. The Morgan fingerprint density at radius 1 is 0.864 bits per heavy atom. The van der Waals surface area contributed by atoms with Crippen molar-refractivity contribution in [3.8, 4) is 0 Å². The van der Waals surface area contributed by atoms with E-state index >= 15 is 0 Å². The highest BCUT2D eigenvalue weighted by Crippen LogP contribution is 2.14. The number of rotatable bonds is 16. The van der Waals surface area contributed by atoms with Crippen LogP contribution < -0.4 is 5.73 Å². The lowest BCUT2D eigenvalue weighted by Crippen LogP contribution is -2.34. The van der Waals surface area contributed by atoms with Gasteiger partial charge in [-0.1, -0.05) is 71.1 Å². The van der Waals surface area contributed by atoms with Gasteiger partial charge in [0.1, 0.15) is 0 Å². The molecule has 0 heterocycles. The second-order valence-corrected chi connectivity index (χ2v) is 6.49. The summed E-state index contributed by atoms with van der Waals surface area (Å²) in [5.74, 6) is -0.760. The van der Waals surface area contributed by atoms with Crippen molar-refractivity contribution in [2.45, 2.75) is 109 Å².